The molecule has 6 heteroatoms. The van der Waals surface area contributed by atoms with Crippen LogP contribution in [0.4, 0.5) is 0 Å². The fraction of sp³-hybridized carbons (Fsp3) is 0.824. The van der Waals surface area contributed by atoms with Crippen LogP contribution < -0.4 is 10.6 Å². The van der Waals surface area contributed by atoms with E-state index < -0.39 is 0 Å². The van der Waals surface area contributed by atoms with Gasteiger partial charge in [0.15, 0.2) is 5.96 Å². The molecule has 134 valence electrons. The molecule has 2 aliphatic rings. The van der Waals surface area contributed by atoms with Crippen LogP contribution in [0, 0.1) is 0 Å². The zero-order valence-electron chi connectivity index (χ0n) is 14.3. The van der Waals surface area contributed by atoms with Crippen LogP contribution in [0.5, 0.6) is 0 Å². The number of allylic oxidation sites excluding steroid dienone is 1. The summed E-state index contributed by atoms with van der Waals surface area (Å²) in [7, 11) is 0. The van der Waals surface area contributed by atoms with Gasteiger partial charge >= 0.3 is 0 Å². The minimum absolute atomic E-state index is 0. The number of halogens is 1. The molecule has 0 radical (unpaired) electrons. The first-order chi connectivity index (χ1) is 10.9. The lowest BCUT2D eigenvalue weighted by atomic mass is 10.2. The summed E-state index contributed by atoms with van der Waals surface area (Å²) in [5.41, 5.74) is 1.59. The zero-order valence-corrected chi connectivity index (χ0v) is 16.6. The van der Waals surface area contributed by atoms with E-state index in [1.807, 2.05) is 0 Å². The second-order valence-electron chi connectivity index (χ2n) is 5.90. The van der Waals surface area contributed by atoms with E-state index in [2.05, 4.69) is 28.6 Å². The number of ether oxygens (including phenoxy) is 2. The standard InChI is InChI=1S/C17H31N3O2.HI/c1-2-18-17(20-11-8-15-6-3-4-7-15)19-10-5-12-22-16-9-13-21-14-16;/h6,16H,2-5,7-14H2,1H3,(H2,18,19,20);1H. The maximum Gasteiger partial charge on any atom is 0.191 e. The van der Waals surface area contributed by atoms with Crippen molar-refractivity contribution in [3.8, 4) is 0 Å². The summed E-state index contributed by atoms with van der Waals surface area (Å²) in [4.78, 5) is 4.61. The van der Waals surface area contributed by atoms with E-state index >= 15 is 0 Å². The number of rotatable bonds is 9. The minimum Gasteiger partial charge on any atom is -0.379 e. The lowest BCUT2D eigenvalue weighted by Crippen LogP contribution is -2.38. The molecule has 0 aromatic rings. The first-order valence-corrected chi connectivity index (χ1v) is 8.78. The highest BCUT2D eigenvalue weighted by atomic mass is 127. The molecule has 0 saturated carbocycles. The highest BCUT2D eigenvalue weighted by molar-refractivity contribution is 14.0. The molecule has 1 heterocycles. The number of nitrogens with zero attached hydrogens (tertiary/aromatic N) is 1. The summed E-state index contributed by atoms with van der Waals surface area (Å²) >= 11 is 0. The van der Waals surface area contributed by atoms with Crippen LogP contribution in [-0.2, 0) is 9.47 Å². The van der Waals surface area contributed by atoms with Crippen molar-refractivity contribution in [1.82, 2.24) is 10.6 Å². The third-order valence-corrected chi connectivity index (χ3v) is 4.03. The molecule has 0 aromatic carbocycles. The summed E-state index contributed by atoms with van der Waals surface area (Å²) in [6.45, 7) is 7.12. The Bertz CT molecular complexity index is 369. The van der Waals surface area contributed by atoms with Gasteiger partial charge in [0.2, 0.25) is 0 Å². The third-order valence-electron chi connectivity index (χ3n) is 4.03. The van der Waals surface area contributed by atoms with Gasteiger partial charge in [-0.3, -0.25) is 4.99 Å². The summed E-state index contributed by atoms with van der Waals surface area (Å²) in [5, 5.41) is 6.72. The monoisotopic (exact) mass is 437 g/mol. The maximum absolute atomic E-state index is 5.75. The number of hydrogen-bond donors (Lipinski definition) is 2. The predicted octanol–water partition coefficient (Wildman–Crippen LogP) is 2.86. The fourth-order valence-electron chi connectivity index (χ4n) is 2.80. The molecule has 1 fully saturated rings. The molecule has 0 aromatic heterocycles. The number of nitrogens with one attached hydrogen (secondary N) is 2. The first kappa shape index (κ1) is 20.7. The molecule has 1 unspecified atom stereocenters. The van der Waals surface area contributed by atoms with Crippen molar-refractivity contribution in [2.24, 2.45) is 4.99 Å². The maximum atomic E-state index is 5.75. The van der Waals surface area contributed by atoms with Gasteiger partial charge in [0, 0.05) is 32.8 Å². The van der Waals surface area contributed by atoms with Gasteiger partial charge in [-0.2, -0.15) is 0 Å². The molecule has 0 bridgehead atoms. The Hall–Kier alpha value is -0.340. The van der Waals surface area contributed by atoms with E-state index in [0.717, 1.165) is 64.7 Å². The lowest BCUT2D eigenvalue weighted by Gasteiger charge is -2.12. The molecule has 1 atom stereocenters. The Labute approximate surface area is 157 Å². The first-order valence-electron chi connectivity index (χ1n) is 8.78. The summed E-state index contributed by atoms with van der Waals surface area (Å²) in [6, 6.07) is 0. The summed E-state index contributed by atoms with van der Waals surface area (Å²) < 4.78 is 11.0. The molecule has 23 heavy (non-hydrogen) atoms. The van der Waals surface area contributed by atoms with Gasteiger partial charge < -0.3 is 20.1 Å². The summed E-state index contributed by atoms with van der Waals surface area (Å²) in [6.07, 6.45) is 9.67. The van der Waals surface area contributed by atoms with E-state index in [9.17, 15) is 0 Å². The molecule has 1 saturated heterocycles. The zero-order chi connectivity index (χ0) is 15.5. The van der Waals surface area contributed by atoms with Crippen molar-refractivity contribution in [3.63, 3.8) is 0 Å². The summed E-state index contributed by atoms with van der Waals surface area (Å²) in [5.74, 6) is 0.922. The van der Waals surface area contributed by atoms with E-state index in [1.54, 1.807) is 5.57 Å². The van der Waals surface area contributed by atoms with Crippen molar-refractivity contribution >= 4 is 29.9 Å². The van der Waals surface area contributed by atoms with Gasteiger partial charge in [0.05, 0.1) is 12.7 Å². The van der Waals surface area contributed by atoms with Crippen LogP contribution in [0.3, 0.4) is 0 Å². The normalized spacial score (nSPS) is 21.0. The molecule has 0 amide bonds. The van der Waals surface area contributed by atoms with Crippen molar-refractivity contribution in [3.05, 3.63) is 11.6 Å². The average Bonchev–Trinajstić information content (AvgIpc) is 3.20. The van der Waals surface area contributed by atoms with Crippen molar-refractivity contribution in [1.29, 1.82) is 0 Å². The SMILES string of the molecule is CCNC(=NCCCOC1CCOC1)NCCC1=CCCC1.I. The second kappa shape index (κ2) is 13.0. The third kappa shape index (κ3) is 8.91. The van der Waals surface area contributed by atoms with E-state index in [1.165, 1.54) is 19.3 Å². The van der Waals surface area contributed by atoms with Gasteiger partial charge in [0.1, 0.15) is 0 Å². The molecule has 2 N–H and O–H groups in total. The predicted molar refractivity (Wildman–Crippen MR) is 106 cm³/mol. The molecule has 5 nitrogen and oxygen atoms in total. The van der Waals surface area contributed by atoms with Crippen LogP contribution in [0.15, 0.2) is 16.6 Å². The second-order valence-corrected chi connectivity index (χ2v) is 5.90. The Kier molecular flexibility index (Phi) is 11.7. The molecule has 2 rings (SSSR count). The highest BCUT2D eigenvalue weighted by Gasteiger charge is 2.15. The van der Waals surface area contributed by atoms with E-state index in [0.29, 0.717) is 6.10 Å². The Morgan fingerprint density at radius 3 is 3.04 bits per heavy atom. The smallest absolute Gasteiger partial charge is 0.191 e. The average molecular weight is 437 g/mol. The van der Waals surface area contributed by atoms with Crippen molar-refractivity contribution in [2.75, 3.05) is 39.5 Å². The minimum atomic E-state index is 0. The van der Waals surface area contributed by atoms with Crippen molar-refractivity contribution in [2.45, 2.75) is 51.6 Å². The van der Waals surface area contributed by atoms with Gasteiger partial charge in [-0.15, -0.1) is 24.0 Å². The highest BCUT2D eigenvalue weighted by Crippen LogP contribution is 2.19. The molecule has 1 aliphatic carbocycles. The fourth-order valence-corrected chi connectivity index (χ4v) is 2.80. The quantitative estimate of drug-likeness (QED) is 0.192. The van der Waals surface area contributed by atoms with Crippen LogP contribution in [0.25, 0.3) is 0 Å². The molecule has 0 spiro atoms. The molecule has 1 aliphatic heterocycles. The van der Waals surface area contributed by atoms with Crippen LogP contribution >= 0.6 is 24.0 Å². The van der Waals surface area contributed by atoms with Crippen LogP contribution in [0.2, 0.25) is 0 Å². The number of guanidine groups is 1. The van der Waals surface area contributed by atoms with Gasteiger partial charge in [-0.1, -0.05) is 11.6 Å². The Balaban J connectivity index is 0.00000264. The Morgan fingerprint density at radius 2 is 2.35 bits per heavy atom. The van der Waals surface area contributed by atoms with E-state index in [4.69, 9.17) is 9.47 Å². The van der Waals surface area contributed by atoms with Gasteiger partial charge in [0.25, 0.3) is 0 Å². The van der Waals surface area contributed by atoms with Crippen LogP contribution in [0.1, 0.15) is 45.4 Å². The largest absolute Gasteiger partial charge is 0.379 e. The Morgan fingerprint density at radius 1 is 1.43 bits per heavy atom. The number of aliphatic imine (C=N–C) groups is 1. The molecular formula is C17H32IN3O2. The lowest BCUT2D eigenvalue weighted by molar-refractivity contribution is 0.0424. The van der Waals surface area contributed by atoms with E-state index in [-0.39, 0.29) is 24.0 Å². The topological polar surface area (TPSA) is 54.9 Å². The van der Waals surface area contributed by atoms with Crippen molar-refractivity contribution < 1.29 is 9.47 Å². The van der Waals surface area contributed by atoms with Gasteiger partial charge in [-0.05, 0) is 45.4 Å². The van der Waals surface area contributed by atoms with Gasteiger partial charge in [-0.25, -0.2) is 0 Å². The number of hydrogen-bond acceptors (Lipinski definition) is 3. The van der Waals surface area contributed by atoms with Crippen LogP contribution in [-0.4, -0.2) is 51.5 Å². The molecular weight excluding hydrogens is 405 g/mol.